The number of benzene rings is 4. The smallest absolute Gasteiger partial charge is 0.341 e. The van der Waals surface area contributed by atoms with E-state index in [0.717, 1.165) is 24.8 Å². The standard InChI is InChI=1S/C29H26O3/c30-29(31)21-32-26-16-8-11-22(19-26)9-7-10-23-17-18-27(24-12-3-1-4-13-24)28(20-23)25-14-5-2-6-15-25/h1-6,8,11-20H,7,9-10,21H2,(H,30,31). The highest BCUT2D eigenvalue weighted by Crippen LogP contribution is 2.33. The Bertz CT molecular complexity index is 1170. The summed E-state index contributed by atoms with van der Waals surface area (Å²) < 4.78 is 5.29. The summed E-state index contributed by atoms with van der Waals surface area (Å²) in [5, 5.41) is 8.78. The van der Waals surface area contributed by atoms with Gasteiger partial charge in [-0.2, -0.15) is 0 Å². The summed E-state index contributed by atoms with van der Waals surface area (Å²) in [5.41, 5.74) is 7.38. The lowest BCUT2D eigenvalue weighted by Gasteiger charge is -2.13. The van der Waals surface area contributed by atoms with Gasteiger partial charge in [0, 0.05) is 0 Å². The van der Waals surface area contributed by atoms with E-state index >= 15 is 0 Å². The predicted octanol–water partition coefficient (Wildman–Crippen LogP) is 6.66. The van der Waals surface area contributed by atoms with Crippen LogP contribution in [-0.2, 0) is 17.6 Å². The van der Waals surface area contributed by atoms with Crippen LogP contribution in [0, 0.1) is 0 Å². The molecule has 0 spiro atoms. The van der Waals surface area contributed by atoms with E-state index in [-0.39, 0.29) is 6.61 Å². The lowest BCUT2D eigenvalue weighted by molar-refractivity contribution is -0.139. The van der Waals surface area contributed by atoms with Gasteiger partial charge >= 0.3 is 5.97 Å². The maximum Gasteiger partial charge on any atom is 0.341 e. The highest BCUT2D eigenvalue weighted by Gasteiger charge is 2.09. The Morgan fingerprint density at radius 3 is 1.94 bits per heavy atom. The van der Waals surface area contributed by atoms with Gasteiger partial charge in [-0.3, -0.25) is 0 Å². The highest BCUT2D eigenvalue weighted by atomic mass is 16.5. The molecule has 0 amide bonds. The minimum Gasteiger partial charge on any atom is -0.482 e. The summed E-state index contributed by atoms with van der Waals surface area (Å²) in [6.45, 7) is -0.320. The van der Waals surface area contributed by atoms with Crippen molar-refractivity contribution < 1.29 is 14.6 Å². The molecule has 0 fully saturated rings. The van der Waals surface area contributed by atoms with Gasteiger partial charge in [-0.05, 0) is 64.8 Å². The van der Waals surface area contributed by atoms with Gasteiger partial charge in [0.1, 0.15) is 5.75 Å². The molecule has 0 heterocycles. The molecule has 0 radical (unpaired) electrons. The van der Waals surface area contributed by atoms with Crippen molar-refractivity contribution in [3.8, 4) is 28.0 Å². The first kappa shape index (κ1) is 21.4. The third kappa shape index (κ3) is 5.64. The van der Waals surface area contributed by atoms with E-state index in [0.29, 0.717) is 5.75 Å². The SMILES string of the molecule is O=C(O)COc1cccc(CCCc2ccc(-c3ccccc3)c(-c3ccccc3)c2)c1. The van der Waals surface area contributed by atoms with Crippen molar-refractivity contribution in [1.82, 2.24) is 0 Å². The minimum atomic E-state index is -0.969. The number of carboxylic acid groups (broad SMARTS) is 1. The first-order valence-corrected chi connectivity index (χ1v) is 10.9. The van der Waals surface area contributed by atoms with Gasteiger partial charge in [0.05, 0.1) is 0 Å². The van der Waals surface area contributed by atoms with Crippen molar-refractivity contribution in [3.05, 3.63) is 114 Å². The fourth-order valence-electron chi connectivity index (χ4n) is 3.91. The van der Waals surface area contributed by atoms with E-state index in [1.54, 1.807) is 6.07 Å². The Morgan fingerprint density at radius 1 is 0.656 bits per heavy atom. The normalized spacial score (nSPS) is 10.6. The van der Waals surface area contributed by atoms with Crippen LogP contribution < -0.4 is 4.74 Å². The first-order valence-electron chi connectivity index (χ1n) is 10.9. The molecule has 0 unspecified atom stereocenters. The number of aryl methyl sites for hydroxylation is 2. The lowest BCUT2D eigenvalue weighted by Crippen LogP contribution is -2.09. The molecule has 0 aromatic heterocycles. The second-order valence-electron chi connectivity index (χ2n) is 7.80. The van der Waals surface area contributed by atoms with E-state index in [1.807, 2.05) is 24.3 Å². The monoisotopic (exact) mass is 422 g/mol. The summed E-state index contributed by atoms with van der Waals surface area (Å²) in [5.74, 6) is -0.368. The molecule has 160 valence electrons. The molecule has 0 aliphatic heterocycles. The number of ether oxygens (including phenoxy) is 1. The molecule has 0 bridgehead atoms. The summed E-state index contributed by atoms with van der Waals surface area (Å²) in [7, 11) is 0. The van der Waals surface area contributed by atoms with Gasteiger partial charge in [-0.15, -0.1) is 0 Å². The summed E-state index contributed by atoms with van der Waals surface area (Å²) in [6, 6.07) is 35.5. The fraction of sp³-hybridized carbons (Fsp3) is 0.138. The summed E-state index contributed by atoms with van der Waals surface area (Å²) >= 11 is 0. The Kier molecular flexibility index (Phi) is 6.98. The van der Waals surface area contributed by atoms with Crippen LogP contribution in [0.3, 0.4) is 0 Å². The van der Waals surface area contributed by atoms with Crippen molar-refractivity contribution in [2.24, 2.45) is 0 Å². The summed E-state index contributed by atoms with van der Waals surface area (Å²) in [6.07, 6.45) is 2.88. The first-order chi connectivity index (χ1) is 15.7. The van der Waals surface area contributed by atoms with E-state index in [9.17, 15) is 4.79 Å². The molecule has 0 saturated carbocycles. The van der Waals surface area contributed by atoms with Crippen LogP contribution in [-0.4, -0.2) is 17.7 Å². The van der Waals surface area contributed by atoms with Gasteiger partial charge in [0.15, 0.2) is 6.61 Å². The van der Waals surface area contributed by atoms with E-state index in [1.165, 1.54) is 27.8 Å². The number of hydrogen-bond acceptors (Lipinski definition) is 2. The topological polar surface area (TPSA) is 46.5 Å². The average molecular weight is 423 g/mol. The second kappa shape index (κ2) is 10.5. The van der Waals surface area contributed by atoms with Crippen LogP contribution in [0.1, 0.15) is 17.5 Å². The number of rotatable bonds is 9. The molecule has 0 saturated heterocycles. The van der Waals surface area contributed by atoms with Crippen LogP contribution in [0.15, 0.2) is 103 Å². The van der Waals surface area contributed by atoms with Gasteiger partial charge in [-0.25, -0.2) is 4.79 Å². The van der Waals surface area contributed by atoms with Crippen molar-refractivity contribution in [2.75, 3.05) is 6.61 Å². The minimum absolute atomic E-state index is 0.320. The molecular formula is C29H26O3. The van der Waals surface area contributed by atoms with Crippen LogP contribution in [0.2, 0.25) is 0 Å². The summed E-state index contributed by atoms with van der Waals surface area (Å²) in [4.78, 5) is 10.7. The molecular weight excluding hydrogens is 396 g/mol. The molecule has 3 heteroatoms. The van der Waals surface area contributed by atoms with Crippen LogP contribution >= 0.6 is 0 Å². The van der Waals surface area contributed by atoms with Crippen LogP contribution in [0.25, 0.3) is 22.3 Å². The third-order valence-electron chi connectivity index (χ3n) is 5.45. The van der Waals surface area contributed by atoms with Crippen molar-refractivity contribution in [2.45, 2.75) is 19.3 Å². The number of carboxylic acids is 1. The Hall–Kier alpha value is -3.85. The molecule has 3 nitrogen and oxygen atoms in total. The largest absolute Gasteiger partial charge is 0.482 e. The molecule has 1 N–H and O–H groups in total. The van der Waals surface area contributed by atoms with Gasteiger partial charge in [0.25, 0.3) is 0 Å². The van der Waals surface area contributed by atoms with Crippen LogP contribution in [0.4, 0.5) is 0 Å². The zero-order chi connectivity index (χ0) is 22.2. The maximum atomic E-state index is 10.7. The number of hydrogen-bond donors (Lipinski definition) is 1. The zero-order valence-electron chi connectivity index (χ0n) is 17.9. The maximum absolute atomic E-state index is 10.7. The van der Waals surface area contributed by atoms with Gasteiger partial charge in [0.2, 0.25) is 0 Å². The molecule has 4 rings (SSSR count). The molecule has 4 aromatic carbocycles. The fourth-order valence-corrected chi connectivity index (χ4v) is 3.91. The zero-order valence-corrected chi connectivity index (χ0v) is 17.9. The molecule has 32 heavy (non-hydrogen) atoms. The predicted molar refractivity (Wildman–Crippen MR) is 129 cm³/mol. The lowest BCUT2D eigenvalue weighted by atomic mass is 9.91. The van der Waals surface area contributed by atoms with E-state index < -0.39 is 5.97 Å². The number of carbonyl (C=O) groups is 1. The molecule has 0 aliphatic carbocycles. The van der Waals surface area contributed by atoms with Crippen molar-refractivity contribution in [1.29, 1.82) is 0 Å². The average Bonchev–Trinajstić information content (AvgIpc) is 2.84. The van der Waals surface area contributed by atoms with Crippen LogP contribution in [0.5, 0.6) is 5.75 Å². The molecule has 0 aliphatic rings. The Balaban J connectivity index is 1.49. The van der Waals surface area contributed by atoms with E-state index in [2.05, 4.69) is 72.8 Å². The van der Waals surface area contributed by atoms with E-state index in [4.69, 9.17) is 9.84 Å². The second-order valence-corrected chi connectivity index (χ2v) is 7.80. The Labute approximate surface area is 188 Å². The Morgan fingerprint density at radius 2 is 1.28 bits per heavy atom. The molecule has 0 atom stereocenters. The van der Waals surface area contributed by atoms with Crippen molar-refractivity contribution in [3.63, 3.8) is 0 Å². The van der Waals surface area contributed by atoms with Gasteiger partial charge in [-0.1, -0.05) is 91.0 Å². The number of aliphatic carboxylic acids is 1. The highest BCUT2D eigenvalue weighted by molar-refractivity contribution is 5.83. The molecule has 4 aromatic rings. The quantitative estimate of drug-likeness (QED) is 0.328. The van der Waals surface area contributed by atoms with Crippen molar-refractivity contribution >= 4 is 5.97 Å². The van der Waals surface area contributed by atoms with Gasteiger partial charge < -0.3 is 9.84 Å². The third-order valence-corrected chi connectivity index (χ3v) is 5.45.